The summed E-state index contributed by atoms with van der Waals surface area (Å²) >= 11 is 4.02. The van der Waals surface area contributed by atoms with Crippen molar-refractivity contribution in [3.63, 3.8) is 0 Å². The van der Waals surface area contributed by atoms with Gasteiger partial charge in [0.25, 0.3) is 0 Å². The van der Waals surface area contributed by atoms with Crippen LogP contribution in [0.2, 0.25) is 0 Å². The van der Waals surface area contributed by atoms with E-state index < -0.39 is 0 Å². The van der Waals surface area contributed by atoms with Crippen LogP contribution in [-0.4, -0.2) is 18.2 Å². The molecule has 16 heavy (non-hydrogen) atoms. The first-order valence-electron chi connectivity index (χ1n) is 6.68. The van der Waals surface area contributed by atoms with E-state index in [9.17, 15) is 4.79 Å². The Labute approximate surface area is 106 Å². The van der Waals surface area contributed by atoms with Gasteiger partial charge in [0.2, 0.25) is 5.91 Å². The lowest BCUT2D eigenvalue weighted by molar-refractivity contribution is -0.120. The molecule has 0 aromatic rings. The Hall–Kier alpha value is -0.180. The van der Waals surface area contributed by atoms with Crippen molar-refractivity contribution in [2.45, 2.75) is 64.7 Å². The molecule has 0 aliphatic rings. The van der Waals surface area contributed by atoms with Crippen molar-refractivity contribution in [2.24, 2.45) is 0 Å². The molecule has 0 saturated heterocycles. The van der Waals surface area contributed by atoms with Crippen LogP contribution >= 0.6 is 12.6 Å². The highest BCUT2D eigenvalue weighted by molar-refractivity contribution is 7.80. The fourth-order valence-corrected chi connectivity index (χ4v) is 1.88. The van der Waals surface area contributed by atoms with Gasteiger partial charge in [-0.15, -0.1) is 0 Å². The molecule has 0 aromatic heterocycles. The molecule has 0 aliphatic heterocycles. The van der Waals surface area contributed by atoms with Crippen molar-refractivity contribution >= 4 is 18.5 Å². The van der Waals surface area contributed by atoms with E-state index in [1.165, 1.54) is 44.9 Å². The summed E-state index contributed by atoms with van der Waals surface area (Å²) in [6.07, 6.45) is 11.0. The first kappa shape index (κ1) is 15.8. The van der Waals surface area contributed by atoms with Crippen molar-refractivity contribution in [3.05, 3.63) is 0 Å². The fraction of sp³-hybridized carbons (Fsp3) is 0.923. The van der Waals surface area contributed by atoms with E-state index in [-0.39, 0.29) is 5.91 Å². The van der Waals surface area contributed by atoms with Gasteiger partial charge in [0.15, 0.2) is 0 Å². The summed E-state index contributed by atoms with van der Waals surface area (Å²) in [7, 11) is 0. The molecule has 0 saturated carbocycles. The normalized spacial score (nSPS) is 10.4. The number of amides is 1. The second kappa shape index (κ2) is 12.9. The molecule has 0 atom stereocenters. The Balaban J connectivity index is 3.01. The molecule has 0 aliphatic carbocycles. The van der Waals surface area contributed by atoms with E-state index in [0.29, 0.717) is 12.2 Å². The monoisotopic (exact) mass is 245 g/mol. The van der Waals surface area contributed by atoms with Gasteiger partial charge in [-0.2, -0.15) is 12.6 Å². The number of rotatable bonds is 11. The van der Waals surface area contributed by atoms with Crippen LogP contribution in [0.3, 0.4) is 0 Å². The summed E-state index contributed by atoms with van der Waals surface area (Å²) < 4.78 is 0. The van der Waals surface area contributed by atoms with Gasteiger partial charge in [0.1, 0.15) is 0 Å². The molecule has 0 radical (unpaired) electrons. The molecule has 0 aromatic carbocycles. The predicted octanol–water partition coefficient (Wildman–Crippen LogP) is 3.56. The van der Waals surface area contributed by atoms with Gasteiger partial charge in [-0.1, -0.05) is 51.9 Å². The number of nitrogens with one attached hydrogen (secondary N) is 1. The van der Waals surface area contributed by atoms with Crippen LogP contribution in [0, 0.1) is 0 Å². The lowest BCUT2D eigenvalue weighted by Gasteiger charge is -2.04. The maximum Gasteiger partial charge on any atom is 0.220 e. The largest absolute Gasteiger partial charge is 0.356 e. The van der Waals surface area contributed by atoms with Crippen molar-refractivity contribution in [3.8, 4) is 0 Å². The Morgan fingerprint density at radius 3 is 2.12 bits per heavy atom. The lowest BCUT2D eigenvalue weighted by Crippen LogP contribution is -2.24. The molecule has 0 unspecified atom stereocenters. The van der Waals surface area contributed by atoms with Crippen LogP contribution in [0.1, 0.15) is 64.7 Å². The molecule has 0 fully saturated rings. The molecular weight excluding hydrogens is 218 g/mol. The van der Waals surface area contributed by atoms with E-state index in [2.05, 4.69) is 24.9 Å². The van der Waals surface area contributed by atoms with Crippen molar-refractivity contribution in [2.75, 3.05) is 12.3 Å². The Morgan fingerprint density at radius 2 is 1.56 bits per heavy atom. The van der Waals surface area contributed by atoms with Gasteiger partial charge >= 0.3 is 0 Å². The van der Waals surface area contributed by atoms with Gasteiger partial charge in [-0.25, -0.2) is 0 Å². The van der Waals surface area contributed by atoms with Gasteiger partial charge in [-0.3, -0.25) is 4.79 Å². The number of hydrogen-bond acceptors (Lipinski definition) is 2. The van der Waals surface area contributed by atoms with E-state index in [0.717, 1.165) is 13.0 Å². The highest BCUT2D eigenvalue weighted by Gasteiger charge is 1.97. The quantitative estimate of drug-likeness (QED) is 0.423. The van der Waals surface area contributed by atoms with E-state index in [4.69, 9.17) is 0 Å². The molecule has 0 bridgehead atoms. The predicted molar refractivity (Wildman–Crippen MR) is 74.1 cm³/mol. The van der Waals surface area contributed by atoms with Gasteiger partial charge < -0.3 is 5.32 Å². The molecule has 0 spiro atoms. The van der Waals surface area contributed by atoms with Crippen LogP contribution in [-0.2, 0) is 4.79 Å². The number of thiol groups is 1. The minimum Gasteiger partial charge on any atom is -0.356 e. The number of carbonyl (C=O) groups excluding carboxylic acids is 1. The Kier molecular flexibility index (Phi) is 12.7. The van der Waals surface area contributed by atoms with E-state index >= 15 is 0 Å². The fourth-order valence-electron chi connectivity index (χ4n) is 1.68. The molecule has 0 rings (SSSR count). The van der Waals surface area contributed by atoms with Crippen LogP contribution in [0.5, 0.6) is 0 Å². The maximum atomic E-state index is 11.1. The second-order valence-corrected chi connectivity index (χ2v) is 4.75. The Morgan fingerprint density at radius 1 is 1.00 bits per heavy atom. The first-order chi connectivity index (χ1) is 7.81. The van der Waals surface area contributed by atoms with E-state index in [1.807, 2.05) is 0 Å². The molecule has 1 amide bonds. The summed E-state index contributed by atoms with van der Waals surface area (Å²) in [5, 5.41) is 2.91. The summed E-state index contributed by atoms with van der Waals surface area (Å²) in [4.78, 5) is 11.1. The number of carbonyl (C=O) groups is 1. The average molecular weight is 245 g/mol. The van der Waals surface area contributed by atoms with Gasteiger partial charge in [-0.05, 0) is 12.2 Å². The minimum absolute atomic E-state index is 0.137. The highest BCUT2D eigenvalue weighted by Crippen LogP contribution is 2.07. The zero-order valence-electron chi connectivity index (χ0n) is 10.6. The Bertz CT molecular complexity index is 162. The van der Waals surface area contributed by atoms with E-state index in [1.54, 1.807) is 0 Å². The van der Waals surface area contributed by atoms with Crippen molar-refractivity contribution in [1.82, 2.24) is 5.32 Å². The molecule has 2 nitrogen and oxygen atoms in total. The lowest BCUT2D eigenvalue weighted by atomic mass is 10.1. The summed E-state index contributed by atoms with van der Waals surface area (Å²) in [5.74, 6) is 0.779. The third-order valence-corrected chi connectivity index (χ3v) is 2.91. The molecular formula is C13H27NOS. The van der Waals surface area contributed by atoms with Crippen LogP contribution in [0.25, 0.3) is 0 Å². The van der Waals surface area contributed by atoms with Crippen LogP contribution in [0.15, 0.2) is 0 Å². The van der Waals surface area contributed by atoms with Crippen LogP contribution < -0.4 is 5.32 Å². The second-order valence-electron chi connectivity index (χ2n) is 4.30. The summed E-state index contributed by atoms with van der Waals surface area (Å²) in [5.41, 5.74) is 0. The molecule has 1 N–H and O–H groups in total. The smallest absolute Gasteiger partial charge is 0.220 e. The third kappa shape index (κ3) is 11.9. The zero-order chi connectivity index (χ0) is 12.1. The van der Waals surface area contributed by atoms with Gasteiger partial charge in [0, 0.05) is 13.0 Å². The number of unbranched alkanes of at least 4 members (excludes halogenated alkanes) is 7. The van der Waals surface area contributed by atoms with Gasteiger partial charge in [0.05, 0.1) is 0 Å². The zero-order valence-corrected chi connectivity index (χ0v) is 11.5. The average Bonchev–Trinajstić information content (AvgIpc) is 2.27. The van der Waals surface area contributed by atoms with Crippen molar-refractivity contribution < 1.29 is 4.79 Å². The third-order valence-electron chi connectivity index (χ3n) is 2.69. The SMILES string of the molecule is CCCCCCCCCCNC(=O)CCS. The summed E-state index contributed by atoms with van der Waals surface area (Å²) in [6, 6.07) is 0. The molecule has 3 heteroatoms. The summed E-state index contributed by atoms with van der Waals surface area (Å²) in [6.45, 7) is 3.08. The van der Waals surface area contributed by atoms with Crippen molar-refractivity contribution in [1.29, 1.82) is 0 Å². The van der Waals surface area contributed by atoms with Crippen LogP contribution in [0.4, 0.5) is 0 Å². The molecule has 96 valence electrons. The topological polar surface area (TPSA) is 29.1 Å². The maximum absolute atomic E-state index is 11.1. The number of hydrogen-bond donors (Lipinski definition) is 2. The highest BCUT2D eigenvalue weighted by atomic mass is 32.1. The standard InChI is InChI=1S/C13H27NOS/c1-2-3-4-5-6-7-8-9-11-14-13(15)10-12-16/h16H,2-12H2,1H3,(H,14,15). The minimum atomic E-state index is 0.137. The first-order valence-corrected chi connectivity index (χ1v) is 7.32. The molecule has 0 heterocycles.